The second-order valence-corrected chi connectivity index (χ2v) is 3.32. The zero-order chi connectivity index (χ0) is 11.5. The van der Waals surface area contributed by atoms with Gasteiger partial charge in [-0.25, -0.2) is 9.78 Å². The Morgan fingerprint density at radius 3 is 3.12 bits per heavy atom. The van der Waals surface area contributed by atoms with E-state index in [0.29, 0.717) is 5.65 Å². The maximum atomic E-state index is 10.8. The van der Waals surface area contributed by atoms with Gasteiger partial charge in [0.25, 0.3) is 0 Å². The first-order valence-electron chi connectivity index (χ1n) is 4.74. The van der Waals surface area contributed by atoms with Gasteiger partial charge in [-0.05, 0) is 0 Å². The van der Waals surface area contributed by atoms with Crippen molar-refractivity contribution in [2.24, 2.45) is 0 Å². The predicted octanol–water partition coefficient (Wildman–Crippen LogP) is 0.371. The van der Waals surface area contributed by atoms with E-state index in [4.69, 9.17) is 9.84 Å². The minimum absolute atomic E-state index is 0.275. The van der Waals surface area contributed by atoms with Gasteiger partial charge in [0.1, 0.15) is 0 Å². The Bertz CT molecular complexity index is 509. The van der Waals surface area contributed by atoms with Gasteiger partial charge >= 0.3 is 5.97 Å². The molecule has 2 aromatic heterocycles. The van der Waals surface area contributed by atoms with Crippen molar-refractivity contribution in [3.8, 4) is 0 Å². The molecule has 0 aliphatic carbocycles. The molecular formula is C10H11N3O3. The number of aromatic nitrogens is 3. The number of hydrogen-bond acceptors (Lipinski definition) is 4. The Balaban J connectivity index is 2.30. The molecule has 1 unspecified atom stereocenters. The predicted molar refractivity (Wildman–Crippen MR) is 55.1 cm³/mol. The lowest BCUT2D eigenvalue weighted by atomic mass is 10.2. The van der Waals surface area contributed by atoms with Gasteiger partial charge in [0.15, 0.2) is 11.8 Å². The van der Waals surface area contributed by atoms with Crippen LogP contribution in [0.25, 0.3) is 5.65 Å². The van der Waals surface area contributed by atoms with E-state index in [1.807, 2.05) is 0 Å². The molecule has 0 amide bonds. The lowest BCUT2D eigenvalue weighted by Gasteiger charge is -2.09. The van der Waals surface area contributed by atoms with Crippen molar-refractivity contribution in [2.75, 3.05) is 7.11 Å². The van der Waals surface area contributed by atoms with Crippen LogP contribution in [0, 0.1) is 0 Å². The van der Waals surface area contributed by atoms with Crippen molar-refractivity contribution >= 4 is 11.6 Å². The molecule has 0 radical (unpaired) electrons. The topological polar surface area (TPSA) is 76.7 Å². The quantitative estimate of drug-likeness (QED) is 0.807. The summed E-state index contributed by atoms with van der Waals surface area (Å²) >= 11 is 0. The Morgan fingerprint density at radius 2 is 2.44 bits per heavy atom. The monoisotopic (exact) mass is 221 g/mol. The van der Waals surface area contributed by atoms with Crippen LogP contribution in [0.4, 0.5) is 0 Å². The summed E-state index contributed by atoms with van der Waals surface area (Å²) in [6.07, 6.45) is 6.04. The van der Waals surface area contributed by atoms with Gasteiger partial charge in [-0.2, -0.15) is 0 Å². The van der Waals surface area contributed by atoms with E-state index >= 15 is 0 Å². The fourth-order valence-electron chi connectivity index (χ4n) is 1.51. The van der Waals surface area contributed by atoms with Crippen LogP contribution >= 0.6 is 0 Å². The third-order valence-corrected chi connectivity index (χ3v) is 2.35. The van der Waals surface area contributed by atoms with E-state index in [1.165, 1.54) is 7.11 Å². The lowest BCUT2D eigenvalue weighted by Crippen LogP contribution is -2.25. The smallest absolute Gasteiger partial charge is 0.333 e. The summed E-state index contributed by atoms with van der Waals surface area (Å²) in [4.78, 5) is 18.9. The van der Waals surface area contributed by atoms with Gasteiger partial charge in [-0.15, -0.1) is 0 Å². The molecule has 0 saturated heterocycles. The summed E-state index contributed by atoms with van der Waals surface area (Å²) in [6.45, 7) is 0. The molecule has 0 aliphatic heterocycles. The highest BCUT2D eigenvalue weighted by molar-refractivity contribution is 5.72. The van der Waals surface area contributed by atoms with Crippen LogP contribution in [-0.4, -0.2) is 38.7 Å². The molecule has 0 aliphatic rings. The van der Waals surface area contributed by atoms with Gasteiger partial charge in [-0.3, -0.25) is 4.98 Å². The number of carbonyl (C=O) groups is 1. The number of imidazole rings is 1. The summed E-state index contributed by atoms with van der Waals surface area (Å²) in [5.41, 5.74) is 1.48. The molecule has 16 heavy (non-hydrogen) atoms. The van der Waals surface area contributed by atoms with Crippen LogP contribution in [0.15, 0.2) is 24.8 Å². The summed E-state index contributed by atoms with van der Waals surface area (Å²) in [5, 5.41) is 8.88. The summed E-state index contributed by atoms with van der Waals surface area (Å²) in [6, 6.07) is 0. The molecule has 6 nitrogen and oxygen atoms in total. The molecule has 1 N–H and O–H groups in total. The van der Waals surface area contributed by atoms with Crippen LogP contribution in [0.2, 0.25) is 0 Å². The van der Waals surface area contributed by atoms with E-state index in [0.717, 1.165) is 5.69 Å². The molecule has 0 aromatic carbocycles. The average Bonchev–Trinajstić information content (AvgIpc) is 2.69. The van der Waals surface area contributed by atoms with Crippen LogP contribution in [0.5, 0.6) is 0 Å². The standard InChI is InChI=1S/C10H11N3O3/c1-16-8(10(14)15)4-7-5-12-9-6-11-2-3-13(7)9/h2-3,5-6,8H,4H2,1H3,(H,14,15). The van der Waals surface area contributed by atoms with Crippen molar-refractivity contribution in [1.82, 2.24) is 14.4 Å². The maximum absolute atomic E-state index is 10.8. The number of hydrogen-bond donors (Lipinski definition) is 1. The first-order valence-corrected chi connectivity index (χ1v) is 4.74. The average molecular weight is 221 g/mol. The van der Waals surface area contributed by atoms with Gasteiger partial charge in [-0.1, -0.05) is 0 Å². The maximum Gasteiger partial charge on any atom is 0.333 e. The molecular weight excluding hydrogens is 210 g/mol. The van der Waals surface area contributed by atoms with Gasteiger partial charge in [0.05, 0.1) is 6.20 Å². The van der Waals surface area contributed by atoms with Crippen molar-refractivity contribution in [1.29, 1.82) is 0 Å². The third kappa shape index (κ3) is 1.87. The minimum atomic E-state index is -0.980. The van der Waals surface area contributed by atoms with Gasteiger partial charge in [0.2, 0.25) is 0 Å². The highest BCUT2D eigenvalue weighted by Crippen LogP contribution is 2.08. The highest BCUT2D eigenvalue weighted by Gasteiger charge is 2.18. The second kappa shape index (κ2) is 4.28. The van der Waals surface area contributed by atoms with E-state index < -0.39 is 12.1 Å². The molecule has 0 fully saturated rings. The van der Waals surface area contributed by atoms with Crippen LogP contribution in [0.3, 0.4) is 0 Å². The summed E-state index contributed by atoms with van der Waals surface area (Å²) in [5.74, 6) is -0.980. The lowest BCUT2D eigenvalue weighted by molar-refractivity contribution is -0.148. The fourth-order valence-corrected chi connectivity index (χ4v) is 1.51. The molecule has 1 atom stereocenters. The van der Waals surface area contributed by atoms with Crippen LogP contribution < -0.4 is 0 Å². The van der Waals surface area contributed by atoms with E-state index in [-0.39, 0.29) is 6.42 Å². The third-order valence-electron chi connectivity index (χ3n) is 2.35. The van der Waals surface area contributed by atoms with E-state index in [2.05, 4.69) is 9.97 Å². The SMILES string of the molecule is COC(Cc1cnc2cnccn12)C(=O)O. The van der Waals surface area contributed by atoms with Crippen LogP contribution in [-0.2, 0) is 16.0 Å². The van der Waals surface area contributed by atoms with E-state index in [9.17, 15) is 4.79 Å². The Hall–Kier alpha value is -1.95. The normalized spacial score (nSPS) is 12.8. The Morgan fingerprint density at radius 1 is 1.62 bits per heavy atom. The highest BCUT2D eigenvalue weighted by atomic mass is 16.5. The number of carboxylic acids is 1. The van der Waals surface area contributed by atoms with Crippen LogP contribution in [0.1, 0.15) is 5.69 Å². The zero-order valence-electron chi connectivity index (χ0n) is 8.70. The number of methoxy groups -OCH3 is 1. The first-order chi connectivity index (χ1) is 7.72. The number of carboxylic acid groups (broad SMARTS) is 1. The largest absolute Gasteiger partial charge is 0.479 e. The Kier molecular flexibility index (Phi) is 2.82. The zero-order valence-corrected chi connectivity index (χ0v) is 8.70. The van der Waals surface area contributed by atoms with Crippen molar-refractivity contribution in [3.63, 3.8) is 0 Å². The molecule has 0 spiro atoms. The number of rotatable bonds is 4. The van der Waals surface area contributed by atoms with Crippen molar-refractivity contribution < 1.29 is 14.6 Å². The molecule has 84 valence electrons. The molecule has 2 heterocycles. The van der Waals surface area contributed by atoms with Gasteiger partial charge in [0, 0.05) is 37.8 Å². The molecule has 0 saturated carbocycles. The number of ether oxygens (including phenoxy) is 1. The second-order valence-electron chi connectivity index (χ2n) is 3.32. The van der Waals surface area contributed by atoms with E-state index in [1.54, 1.807) is 29.2 Å². The van der Waals surface area contributed by atoms with Crippen molar-refractivity contribution in [3.05, 3.63) is 30.5 Å². The number of fused-ring (bicyclic) bond motifs is 1. The fraction of sp³-hybridized carbons (Fsp3) is 0.300. The molecule has 6 heteroatoms. The van der Waals surface area contributed by atoms with Gasteiger partial charge < -0.3 is 14.2 Å². The van der Waals surface area contributed by atoms with Crippen molar-refractivity contribution in [2.45, 2.75) is 12.5 Å². The number of aliphatic carboxylic acids is 1. The first kappa shape index (κ1) is 10.6. The summed E-state index contributed by atoms with van der Waals surface area (Å²) < 4.78 is 6.67. The Labute approximate surface area is 91.5 Å². The molecule has 0 bridgehead atoms. The molecule has 2 rings (SSSR count). The molecule has 2 aromatic rings. The summed E-state index contributed by atoms with van der Waals surface area (Å²) in [7, 11) is 1.38. The minimum Gasteiger partial charge on any atom is -0.479 e. The number of nitrogens with zero attached hydrogens (tertiary/aromatic N) is 3.